The van der Waals surface area contributed by atoms with Crippen LogP contribution in [0.4, 0.5) is 8.78 Å². The van der Waals surface area contributed by atoms with Crippen LogP contribution >= 0.6 is 0 Å². The predicted molar refractivity (Wildman–Crippen MR) is 107 cm³/mol. The Morgan fingerprint density at radius 1 is 0.968 bits per heavy atom. The number of hydrogen-bond acceptors (Lipinski definition) is 5. The molecule has 0 aromatic heterocycles. The van der Waals surface area contributed by atoms with E-state index in [-0.39, 0.29) is 24.4 Å². The molecular weight excluding hydrogens is 432 g/mol. The lowest BCUT2D eigenvalue weighted by molar-refractivity contribution is -0.123. The van der Waals surface area contributed by atoms with Crippen LogP contribution in [0, 0.1) is 11.6 Å². The summed E-state index contributed by atoms with van der Waals surface area (Å²) in [5, 5.41) is 0. The van der Waals surface area contributed by atoms with Gasteiger partial charge in [-0.05, 0) is 43.2 Å². The Morgan fingerprint density at radius 3 is 2.39 bits per heavy atom. The van der Waals surface area contributed by atoms with E-state index in [0.29, 0.717) is 12.8 Å². The number of nitrogens with one attached hydrogen (secondary N) is 2. The summed E-state index contributed by atoms with van der Waals surface area (Å²) in [4.78, 5) is 23.5. The number of rotatable bonds is 6. The van der Waals surface area contributed by atoms with E-state index in [1.54, 1.807) is 0 Å². The fraction of sp³-hybridized carbons (Fsp3) is 0.300. The van der Waals surface area contributed by atoms with E-state index < -0.39 is 45.0 Å². The third kappa shape index (κ3) is 5.56. The summed E-state index contributed by atoms with van der Waals surface area (Å²) in [5.74, 6) is -3.37. The van der Waals surface area contributed by atoms with E-state index in [1.165, 1.54) is 28.6 Å². The standard InChI is InChI=1S/C20H21F2N3O5S/c21-15-6-2-3-7-17(15)30-13-19(26)23-24-20(27)14-8-9-16(22)18(12-14)31(28,29)25-10-4-1-5-11-25/h2-3,6-9,12H,1,4-5,10-11,13H2,(H,23,26)(H,24,27). The Balaban J connectivity index is 1.62. The van der Waals surface area contributed by atoms with Crippen LogP contribution in [0.1, 0.15) is 29.6 Å². The first kappa shape index (κ1) is 22.6. The molecule has 0 bridgehead atoms. The maximum atomic E-state index is 14.2. The molecule has 0 unspecified atom stereocenters. The summed E-state index contributed by atoms with van der Waals surface area (Å²) in [7, 11) is -4.09. The average Bonchev–Trinajstić information content (AvgIpc) is 2.77. The highest BCUT2D eigenvalue weighted by molar-refractivity contribution is 7.89. The number of halogens is 2. The van der Waals surface area contributed by atoms with Crippen LogP contribution in [-0.2, 0) is 14.8 Å². The molecule has 8 nitrogen and oxygen atoms in total. The summed E-state index contributed by atoms with van der Waals surface area (Å²) in [6, 6.07) is 8.41. The van der Waals surface area contributed by atoms with E-state index in [9.17, 15) is 26.8 Å². The van der Waals surface area contributed by atoms with Crippen molar-refractivity contribution in [2.75, 3.05) is 19.7 Å². The lowest BCUT2D eigenvalue weighted by atomic mass is 10.2. The Morgan fingerprint density at radius 2 is 1.68 bits per heavy atom. The molecule has 0 spiro atoms. The predicted octanol–water partition coefficient (Wildman–Crippen LogP) is 1.98. The van der Waals surface area contributed by atoms with Crippen molar-refractivity contribution < 1.29 is 31.5 Å². The molecule has 0 atom stereocenters. The third-order valence-corrected chi connectivity index (χ3v) is 6.55. The molecule has 1 saturated heterocycles. The minimum atomic E-state index is -4.09. The largest absolute Gasteiger partial charge is 0.481 e. The van der Waals surface area contributed by atoms with E-state index in [2.05, 4.69) is 10.9 Å². The molecule has 1 aliphatic rings. The van der Waals surface area contributed by atoms with Crippen LogP contribution in [0.15, 0.2) is 47.4 Å². The van der Waals surface area contributed by atoms with Gasteiger partial charge in [0, 0.05) is 18.7 Å². The van der Waals surface area contributed by atoms with Gasteiger partial charge < -0.3 is 4.74 Å². The highest BCUT2D eigenvalue weighted by Crippen LogP contribution is 2.24. The molecular formula is C20H21F2N3O5S. The third-order valence-electron chi connectivity index (χ3n) is 4.64. The van der Waals surface area contributed by atoms with Crippen LogP contribution in [-0.4, -0.2) is 44.2 Å². The second kappa shape index (κ2) is 9.84. The molecule has 2 amide bonds. The highest BCUT2D eigenvalue weighted by Gasteiger charge is 2.29. The van der Waals surface area contributed by atoms with E-state index in [0.717, 1.165) is 24.6 Å². The van der Waals surface area contributed by atoms with Gasteiger partial charge in [-0.15, -0.1) is 0 Å². The minimum Gasteiger partial charge on any atom is -0.481 e. The van der Waals surface area contributed by atoms with Gasteiger partial charge in [-0.1, -0.05) is 18.6 Å². The molecule has 2 aromatic carbocycles. The van der Waals surface area contributed by atoms with Crippen LogP contribution in [0.3, 0.4) is 0 Å². The number of carbonyl (C=O) groups excluding carboxylic acids is 2. The number of benzene rings is 2. The molecule has 31 heavy (non-hydrogen) atoms. The molecule has 1 fully saturated rings. The fourth-order valence-corrected chi connectivity index (χ4v) is 4.63. The van der Waals surface area contributed by atoms with Crippen LogP contribution < -0.4 is 15.6 Å². The number of para-hydroxylation sites is 1. The maximum absolute atomic E-state index is 14.2. The molecule has 0 radical (unpaired) electrons. The van der Waals surface area contributed by atoms with Crippen molar-refractivity contribution in [3.63, 3.8) is 0 Å². The second-order valence-corrected chi connectivity index (χ2v) is 8.74. The molecule has 3 rings (SSSR count). The molecule has 0 aliphatic carbocycles. The first-order valence-corrected chi connectivity index (χ1v) is 11.0. The van der Waals surface area contributed by atoms with E-state index in [1.807, 2.05) is 0 Å². The highest BCUT2D eigenvalue weighted by atomic mass is 32.2. The minimum absolute atomic E-state index is 0.130. The number of carbonyl (C=O) groups is 2. The zero-order chi connectivity index (χ0) is 22.4. The molecule has 1 aliphatic heterocycles. The maximum Gasteiger partial charge on any atom is 0.276 e. The topological polar surface area (TPSA) is 105 Å². The quantitative estimate of drug-likeness (QED) is 0.651. The Labute approximate surface area is 178 Å². The Kier molecular flexibility index (Phi) is 7.18. The van der Waals surface area contributed by atoms with Gasteiger partial charge in [0.25, 0.3) is 11.8 Å². The van der Waals surface area contributed by atoms with Crippen molar-refractivity contribution in [3.05, 3.63) is 59.7 Å². The van der Waals surface area contributed by atoms with Crippen molar-refractivity contribution in [1.82, 2.24) is 15.2 Å². The van der Waals surface area contributed by atoms with Crippen molar-refractivity contribution in [1.29, 1.82) is 0 Å². The number of piperidine rings is 1. The zero-order valence-electron chi connectivity index (χ0n) is 16.4. The van der Waals surface area contributed by atoms with Gasteiger partial charge in [0.15, 0.2) is 18.2 Å². The molecule has 2 N–H and O–H groups in total. The van der Waals surface area contributed by atoms with Gasteiger partial charge in [-0.2, -0.15) is 4.31 Å². The number of amides is 2. The van der Waals surface area contributed by atoms with Gasteiger partial charge in [-0.3, -0.25) is 20.4 Å². The van der Waals surface area contributed by atoms with E-state index in [4.69, 9.17) is 4.74 Å². The van der Waals surface area contributed by atoms with Crippen molar-refractivity contribution in [2.45, 2.75) is 24.2 Å². The number of hydrazine groups is 1. The summed E-state index contributed by atoms with van der Waals surface area (Å²) in [6.45, 7) is 0.00570. The van der Waals surface area contributed by atoms with Crippen LogP contribution in [0.5, 0.6) is 5.75 Å². The molecule has 166 valence electrons. The summed E-state index contributed by atoms with van der Waals surface area (Å²) < 4.78 is 59.4. The van der Waals surface area contributed by atoms with Crippen LogP contribution in [0.25, 0.3) is 0 Å². The smallest absolute Gasteiger partial charge is 0.276 e. The first-order chi connectivity index (χ1) is 14.8. The Hall–Kier alpha value is -3.05. The number of nitrogens with zero attached hydrogens (tertiary/aromatic N) is 1. The molecule has 1 heterocycles. The first-order valence-electron chi connectivity index (χ1n) is 9.55. The van der Waals surface area contributed by atoms with Gasteiger partial charge >= 0.3 is 0 Å². The fourth-order valence-electron chi connectivity index (χ4n) is 3.03. The van der Waals surface area contributed by atoms with Gasteiger partial charge in [-0.25, -0.2) is 17.2 Å². The summed E-state index contributed by atoms with van der Waals surface area (Å²) in [5.41, 5.74) is 3.99. The SMILES string of the molecule is O=C(COc1ccccc1F)NNC(=O)c1ccc(F)c(S(=O)(=O)N2CCCCC2)c1. The lowest BCUT2D eigenvalue weighted by Gasteiger charge is -2.26. The lowest BCUT2D eigenvalue weighted by Crippen LogP contribution is -2.44. The normalized spacial score (nSPS) is 14.6. The molecule has 2 aromatic rings. The van der Waals surface area contributed by atoms with Crippen molar-refractivity contribution >= 4 is 21.8 Å². The number of ether oxygens (including phenoxy) is 1. The molecule has 0 saturated carbocycles. The van der Waals surface area contributed by atoms with Crippen LogP contribution in [0.2, 0.25) is 0 Å². The summed E-state index contributed by atoms with van der Waals surface area (Å²) >= 11 is 0. The van der Waals surface area contributed by atoms with Gasteiger partial charge in [0.1, 0.15) is 10.7 Å². The Bertz CT molecular complexity index is 1070. The van der Waals surface area contributed by atoms with E-state index >= 15 is 0 Å². The van der Waals surface area contributed by atoms with Gasteiger partial charge in [0.2, 0.25) is 10.0 Å². The monoisotopic (exact) mass is 453 g/mol. The number of sulfonamides is 1. The second-order valence-electron chi connectivity index (χ2n) is 6.83. The zero-order valence-corrected chi connectivity index (χ0v) is 17.3. The average molecular weight is 453 g/mol. The van der Waals surface area contributed by atoms with Crippen molar-refractivity contribution in [3.8, 4) is 5.75 Å². The van der Waals surface area contributed by atoms with Crippen molar-refractivity contribution in [2.24, 2.45) is 0 Å². The summed E-state index contributed by atoms with van der Waals surface area (Å²) in [6.07, 6.45) is 2.27. The number of hydrogen-bond donors (Lipinski definition) is 2. The molecule has 11 heteroatoms. The van der Waals surface area contributed by atoms with Gasteiger partial charge in [0.05, 0.1) is 0 Å².